The summed E-state index contributed by atoms with van der Waals surface area (Å²) in [5.74, 6) is 0.121. The number of phenolic OH excluding ortho intramolecular Hbond substituents is 1. The van der Waals surface area contributed by atoms with Crippen molar-refractivity contribution < 1.29 is 28.9 Å². The van der Waals surface area contributed by atoms with Gasteiger partial charge >= 0.3 is 5.97 Å². The second kappa shape index (κ2) is 7.57. The molecule has 2 aromatic carbocycles. The number of rotatable bonds is 5. The molecule has 130 valence electrons. The predicted octanol–water partition coefficient (Wildman–Crippen LogP) is 1.51. The lowest BCUT2D eigenvalue weighted by atomic mass is 10.2. The molecule has 0 aliphatic carbocycles. The molecule has 1 aliphatic rings. The number of aromatic hydroxyl groups is 1. The standard InChI is InChI=1S/C18H17NO6/c20-13-5-3-4-12(8-13)18(22)24-11-17(21)19-9-14-10-23-15-6-1-2-7-16(15)25-14/h1-8,14,20H,9-11H2,(H,19,21). The van der Waals surface area contributed by atoms with Crippen molar-refractivity contribution in [1.29, 1.82) is 0 Å². The lowest BCUT2D eigenvalue weighted by molar-refractivity contribution is -0.124. The van der Waals surface area contributed by atoms with Crippen molar-refractivity contribution in [1.82, 2.24) is 5.32 Å². The Labute approximate surface area is 144 Å². The highest BCUT2D eigenvalue weighted by Gasteiger charge is 2.21. The van der Waals surface area contributed by atoms with Gasteiger partial charge in [0, 0.05) is 0 Å². The number of ether oxygens (including phenoxy) is 3. The van der Waals surface area contributed by atoms with E-state index in [1.54, 1.807) is 6.07 Å². The van der Waals surface area contributed by atoms with Gasteiger partial charge in [0.25, 0.3) is 5.91 Å². The monoisotopic (exact) mass is 343 g/mol. The molecule has 0 spiro atoms. The van der Waals surface area contributed by atoms with Gasteiger partial charge in [-0.25, -0.2) is 4.79 Å². The van der Waals surface area contributed by atoms with Gasteiger partial charge in [0.15, 0.2) is 18.1 Å². The SMILES string of the molecule is O=C(COC(=O)c1cccc(O)c1)NCC1COc2ccccc2O1. The van der Waals surface area contributed by atoms with Crippen LogP contribution in [-0.4, -0.2) is 42.8 Å². The Morgan fingerprint density at radius 1 is 1.16 bits per heavy atom. The second-order valence-electron chi connectivity index (χ2n) is 5.43. The third-order valence-electron chi connectivity index (χ3n) is 3.51. The van der Waals surface area contributed by atoms with E-state index in [9.17, 15) is 14.7 Å². The van der Waals surface area contributed by atoms with Gasteiger partial charge in [-0.1, -0.05) is 18.2 Å². The molecular weight excluding hydrogens is 326 g/mol. The third kappa shape index (κ3) is 4.41. The predicted molar refractivity (Wildman–Crippen MR) is 87.8 cm³/mol. The van der Waals surface area contributed by atoms with E-state index in [1.807, 2.05) is 18.2 Å². The van der Waals surface area contributed by atoms with E-state index in [2.05, 4.69) is 5.32 Å². The van der Waals surface area contributed by atoms with Crippen LogP contribution in [0.5, 0.6) is 17.2 Å². The van der Waals surface area contributed by atoms with Crippen LogP contribution in [0.25, 0.3) is 0 Å². The number of carbonyl (C=O) groups excluding carboxylic acids is 2. The van der Waals surface area contributed by atoms with Crippen molar-refractivity contribution in [3.8, 4) is 17.2 Å². The van der Waals surface area contributed by atoms with Crippen LogP contribution in [0.2, 0.25) is 0 Å². The van der Waals surface area contributed by atoms with Crippen LogP contribution < -0.4 is 14.8 Å². The Morgan fingerprint density at radius 3 is 2.76 bits per heavy atom. The average Bonchev–Trinajstić information content (AvgIpc) is 2.64. The fourth-order valence-electron chi connectivity index (χ4n) is 2.29. The first-order valence-corrected chi connectivity index (χ1v) is 7.73. The number of hydrogen-bond donors (Lipinski definition) is 2. The van der Waals surface area contributed by atoms with E-state index in [0.29, 0.717) is 18.1 Å². The molecule has 0 saturated carbocycles. The Bertz CT molecular complexity index is 776. The van der Waals surface area contributed by atoms with Crippen molar-refractivity contribution >= 4 is 11.9 Å². The molecular formula is C18H17NO6. The Balaban J connectivity index is 1.42. The number of hydrogen-bond acceptors (Lipinski definition) is 6. The van der Waals surface area contributed by atoms with Gasteiger partial charge in [-0.3, -0.25) is 4.79 Å². The summed E-state index contributed by atoms with van der Waals surface area (Å²) in [5, 5.41) is 12.0. The molecule has 7 heteroatoms. The Morgan fingerprint density at radius 2 is 1.96 bits per heavy atom. The lowest BCUT2D eigenvalue weighted by Gasteiger charge is -2.26. The molecule has 3 rings (SSSR count). The fraction of sp³-hybridized carbons (Fsp3) is 0.222. The number of phenols is 1. The van der Waals surface area contributed by atoms with Crippen LogP contribution >= 0.6 is 0 Å². The summed E-state index contributed by atoms with van der Waals surface area (Å²) in [6, 6.07) is 13.0. The van der Waals surface area contributed by atoms with Crippen LogP contribution in [0.3, 0.4) is 0 Å². The highest BCUT2D eigenvalue weighted by atomic mass is 16.6. The average molecular weight is 343 g/mol. The molecule has 2 N–H and O–H groups in total. The minimum Gasteiger partial charge on any atom is -0.508 e. The van der Waals surface area contributed by atoms with E-state index >= 15 is 0 Å². The molecule has 0 aromatic heterocycles. The summed E-state index contributed by atoms with van der Waals surface area (Å²) < 4.78 is 16.2. The topological polar surface area (TPSA) is 94.1 Å². The normalized spacial score (nSPS) is 15.3. The first kappa shape index (κ1) is 16.6. The van der Waals surface area contributed by atoms with Gasteiger partial charge in [0.1, 0.15) is 18.5 Å². The van der Waals surface area contributed by atoms with Crippen molar-refractivity contribution in [3.63, 3.8) is 0 Å². The maximum atomic E-state index is 11.8. The molecule has 1 aliphatic heterocycles. The summed E-state index contributed by atoms with van der Waals surface area (Å²) in [4.78, 5) is 23.6. The van der Waals surface area contributed by atoms with Crippen LogP contribution in [0.4, 0.5) is 0 Å². The van der Waals surface area contributed by atoms with Crippen LogP contribution in [0, 0.1) is 0 Å². The third-order valence-corrected chi connectivity index (χ3v) is 3.51. The van der Waals surface area contributed by atoms with Gasteiger partial charge in [0.05, 0.1) is 12.1 Å². The number of fused-ring (bicyclic) bond motifs is 1. The van der Waals surface area contributed by atoms with Gasteiger partial charge in [-0.15, -0.1) is 0 Å². The zero-order valence-electron chi connectivity index (χ0n) is 13.3. The van der Waals surface area contributed by atoms with Gasteiger partial charge in [-0.05, 0) is 30.3 Å². The molecule has 0 radical (unpaired) electrons. The van der Waals surface area contributed by atoms with E-state index in [0.717, 1.165) is 0 Å². The molecule has 25 heavy (non-hydrogen) atoms. The molecule has 7 nitrogen and oxygen atoms in total. The highest BCUT2D eigenvalue weighted by molar-refractivity contribution is 5.91. The molecule has 2 aromatic rings. The maximum absolute atomic E-state index is 11.8. The lowest BCUT2D eigenvalue weighted by Crippen LogP contribution is -2.42. The number of para-hydroxylation sites is 2. The first-order valence-electron chi connectivity index (χ1n) is 7.73. The number of carbonyl (C=O) groups is 2. The van der Waals surface area contributed by atoms with E-state index < -0.39 is 18.5 Å². The zero-order chi connectivity index (χ0) is 17.6. The minimum atomic E-state index is -0.683. The summed E-state index contributed by atoms with van der Waals surface area (Å²) in [5.41, 5.74) is 0.174. The summed E-state index contributed by atoms with van der Waals surface area (Å²) in [7, 11) is 0. The van der Waals surface area contributed by atoms with Crippen molar-refractivity contribution in [2.24, 2.45) is 0 Å². The van der Waals surface area contributed by atoms with Gasteiger partial charge in [-0.2, -0.15) is 0 Å². The number of amides is 1. The minimum absolute atomic E-state index is 0.0476. The summed E-state index contributed by atoms with van der Waals surface area (Å²) in [6.07, 6.45) is -0.319. The second-order valence-corrected chi connectivity index (χ2v) is 5.43. The van der Waals surface area contributed by atoms with Crippen molar-refractivity contribution in [2.45, 2.75) is 6.10 Å². The number of nitrogens with one attached hydrogen (secondary N) is 1. The molecule has 0 bridgehead atoms. The highest BCUT2D eigenvalue weighted by Crippen LogP contribution is 2.30. The zero-order valence-corrected chi connectivity index (χ0v) is 13.3. The molecule has 1 heterocycles. The maximum Gasteiger partial charge on any atom is 0.338 e. The quantitative estimate of drug-likeness (QED) is 0.799. The Kier molecular flexibility index (Phi) is 5.03. The Hall–Kier alpha value is -3.22. The largest absolute Gasteiger partial charge is 0.508 e. The van der Waals surface area contributed by atoms with Crippen molar-refractivity contribution in [2.75, 3.05) is 19.8 Å². The van der Waals surface area contributed by atoms with Crippen LogP contribution in [0.1, 0.15) is 10.4 Å². The molecule has 0 fully saturated rings. The van der Waals surface area contributed by atoms with Crippen LogP contribution in [-0.2, 0) is 9.53 Å². The van der Waals surface area contributed by atoms with E-state index in [-0.39, 0.29) is 24.0 Å². The molecule has 1 atom stereocenters. The van der Waals surface area contributed by atoms with Crippen molar-refractivity contribution in [3.05, 3.63) is 54.1 Å². The molecule has 1 unspecified atom stereocenters. The summed E-state index contributed by atoms with van der Waals surface area (Å²) in [6.45, 7) is 0.135. The number of benzene rings is 2. The molecule has 0 saturated heterocycles. The first-order chi connectivity index (χ1) is 12.1. The van der Waals surface area contributed by atoms with E-state index in [4.69, 9.17) is 14.2 Å². The summed E-state index contributed by atoms with van der Waals surface area (Å²) >= 11 is 0. The molecule has 1 amide bonds. The van der Waals surface area contributed by atoms with Gasteiger partial charge < -0.3 is 24.6 Å². The fourth-order valence-corrected chi connectivity index (χ4v) is 2.29. The van der Waals surface area contributed by atoms with Crippen LogP contribution in [0.15, 0.2) is 48.5 Å². The van der Waals surface area contributed by atoms with Gasteiger partial charge in [0.2, 0.25) is 0 Å². The smallest absolute Gasteiger partial charge is 0.338 e. The number of esters is 1. The van der Waals surface area contributed by atoms with E-state index in [1.165, 1.54) is 24.3 Å².